The molecule has 0 radical (unpaired) electrons. The molecule has 1 aromatic carbocycles. The van der Waals surface area contributed by atoms with Crippen LogP contribution >= 0.6 is 8.58 Å². The predicted molar refractivity (Wildman–Crippen MR) is 154 cm³/mol. The van der Waals surface area contributed by atoms with Crippen LogP contribution < -0.4 is 5.56 Å². The number of carbonyl (C=O) groups excluding carboxylic acids is 1. The Labute approximate surface area is 224 Å². The molecular weight excluding hydrogens is 497 g/mol. The van der Waals surface area contributed by atoms with Crippen molar-refractivity contribution < 1.29 is 9.53 Å². The zero-order valence-corrected chi connectivity index (χ0v) is 23.0. The highest BCUT2D eigenvalue weighted by molar-refractivity contribution is 7.42. The van der Waals surface area contributed by atoms with Gasteiger partial charge in [0, 0.05) is 50.3 Å². The van der Waals surface area contributed by atoms with Gasteiger partial charge in [-0.05, 0) is 68.6 Å². The number of aromatic amines is 1. The van der Waals surface area contributed by atoms with Crippen LogP contribution in [0.5, 0.6) is 0 Å². The minimum atomic E-state index is -0.142. The maximum absolute atomic E-state index is 13.7. The quantitative estimate of drug-likeness (QED) is 0.480. The first-order valence-electron chi connectivity index (χ1n) is 13.8. The van der Waals surface area contributed by atoms with Gasteiger partial charge in [0.15, 0.2) is 0 Å². The first kappa shape index (κ1) is 25.5. The molecule has 38 heavy (non-hydrogen) atoms. The molecule has 1 unspecified atom stereocenters. The van der Waals surface area contributed by atoms with E-state index in [4.69, 9.17) is 4.74 Å². The summed E-state index contributed by atoms with van der Waals surface area (Å²) in [6.45, 7) is 7.70. The van der Waals surface area contributed by atoms with E-state index in [9.17, 15) is 9.59 Å². The molecule has 200 valence electrons. The van der Waals surface area contributed by atoms with Crippen LogP contribution in [0.3, 0.4) is 0 Å². The average molecular weight is 534 g/mol. The number of hydrogen-bond donors (Lipinski definition) is 1. The molecular formula is C29H36N5O3P. The van der Waals surface area contributed by atoms with E-state index >= 15 is 0 Å². The molecule has 0 saturated carbocycles. The number of ether oxygens (including phenoxy) is 1. The highest BCUT2D eigenvalue weighted by atomic mass is 31.1. The highest BCUT2D eigenvalue weighted by Gasteiger charge is 2.25. The number of benzene rings is 1. The minimum Gasteiger partial charge on any atom is -0.381 e. The number of fused-ring (bicyclic) bond motifs is 3. The van der Waals surface area contributed by atoms with E-state index in [-0.39, 0.29) is 17.5 Å². The lowest BCUT2D eigenvalue weighted by molar-refractivity contribution is 0.0635. The number of pyridine rings is 1. The summed E-state index contributed by atoms with van der Waals surface area (Å²) in [6, 6.07) is 4.10. The van der Waals surface area contributed by atoms with Gasteiger partial charge in [0.2, 0.25) is 0 Å². The first-order valence-corrected chi connectivity index (χ1v) is 15.1. The summed E-state index contributed by atoms with van der Waals surface area (Å²) < 4.78 is 7.53. The number of allylic oxidation sites excluding steroid dienone is 3. The first-order chi connectivity index (χ1) is 18.6. The van der Waals surface area contributed by atoms with E-state index in [1.807, 2.05) is 28.6 Å². The summed E-state index contributed by atoms with van der Waals surface area (Å²) >= 11 is 0. The van der Waals surface area contributed by atoms with Crippen molar-refractivity contribution in [3.63, 3.8) is 0 Å². The minimum absolute atomic E-state index is 0.0685. The number of aryl methyl sites for hydroxylation is 1. The van der Waals surface area contributed by atoms with Gasteiger partial charge in [-0.15, -0.1) is 0 Å². The van der Waals surface area contributed by atoms with Crippen molar-refractivity contribution in [1.29, 1.82) is 0 Å². The van der Waals surface area contributed by atoms with Crippen LogP contribution in [-0.2, 0) is 4.74 Å². The van der Waals surface area contributed by atoms with Gasteiger partial charge in [-0.1, -0.05) is 26.5 Å². The predicted octanol–water partition coefficient (Wildman–Crippen LogP) is 4.21. The number of piperazine rings is 1. The lowest BCUT2D eigenvalue weighted by Gasteiger charge is -2.35. The molecule has 6 rings (SSSR count). The van der Waals surface area contributed by atoms with Gasteiger partial charge in [0.1, 0.15) is 0 Å². The number of nitrogens with zero attached hydrogens (tertiary/aromatic N) is 4. The van der Waals surface area contributed by atoms with Gasteiger partial charge in [0.25, 0.3) is 11.5 Å². The Kier molecular flexibility index (Phi) is 7.46. The average Bonchev–Trinajstić information content (AvgIpc) is 3.40. The summed E-state index contributed by atoms with van der Waals surface area (Å²) in [5, 5.41) is 6.06. The van der Waals surface area contributed by atoms with E-state index < -0.39 is 0 Å². The molecule has 1 N–H and O–H groups in total. The molecule has 2 saturated heterocycles. The Morgan fingerprint density at radius 2 is 1.97 bits per heavy atom. The van der Waals surface area contributed by atoms with Crippen molar-refractivity contribution in [3.05, 3.63) is 63.4 Å². The van der Waals surface area contributed by atoms with Crippen molar-refractivity contribution in [2.45, 2.75) is 38.6 Å². The molecule has 3 aliphatic heterocycles. The Bertz CT molecular complexity index is 1460. The van der Waals surface area contributed by atoms with Crippen molar-refractivity contribution in [2.75, 3.05) is 52.1 Å². The molecule has 3 aromatic rings. The Morgan fingerprint density at radius 1 is 1.16 bits per heavy atom. The number of nitrogens with one attached hydrogen (secondary N) is 1. The van der Waals surface area contributed by atoms with Gasteiger partial charge >= 0.3 is 0 Å². The molecule has 2 fully saturated rings. The zero-order valence-electron chi connectivity index (χ0n) is 22.0. The fraction of sp³-hybridized carbons (Fsp3) is 0.483. The molecule has 0 bridgehead atoms. The van der Waals surface area contributed by atoms with Gasteiger partial charge in [-0.25, -0.2) is 0 Å². The van der Waals surface area contributed by atoms with Crippen LogP contribution in [0, 0.1) is 6.92 Å². The van der Waals surface area contributed by atoms with Crippen molar-refractivity contribution in [3.8, 4) is 0 Å². The van der Waals surface area contributed by atoms with E-state index in [1.54, 1.807) is 6.20 Å². The van der Waals surface area contributed by atoms with Crippen LogP contribution in [0.25, 0.3) is 21.8 Å². The summed E-state index contributed by atoms with van der Waals surface area (Å²) in [4.78, 5) is 34.0. The summed E-state index contributed by atoms with van der Waals surface area (Å²) in [5.41, 5.74) is 4.49. The molecule has 1 amide bonds. The number of carbonyl (C=O) groups is 1. The fourth-order valence-electron chi connectivity index (χ4n) is 5.95. The lowest BCUT2D eigenvalue weighted by Crippen LogP contribution is -2.49. The fourth-order valence-corrected chi connectivity index (χ4v) is 6.83. The molecule has 3 aliphatic rings. The highest BCUT2D eigenvalue weighted by Crippen LogP contribution is 2.30. The molecule has 9 heteroatoms. The number of aromatic nitrogens is 3. The van der Waals surface area contributed by atoms with Crippen molar-refractivity contribution in [1.82, 2.24) is 24.6 Å². The molecule has 0 spiro atoms. The van der Waals surface area contributed by atoms with Crippen molar-refractivity contribution in [2.24, 2.45) is 0 Å². The maximum atomic E-state index is 13.7. The lowest BCUT2D eigenvalue weighted by atomic mass is 10.0. The number of hydrogen-bond acceptors (Lipinski definition) is 5. The number of amides is 1. The van der Waals surface area contributed by atoms with Crippen LogP contribution in [-0.4, -0.2) is 82.6 Å². The molecule has 5 heterocycles. The van der Waals surface area contributed by atoms with Crippen LogP contribution in [0.2, 0.25) is 0 Å². The molecule has 0 aliphatic carbocycles. The Morgan fingerprint density at radius 3 is 2.74 bits per heavy atom. The Balaban J connectivity index is 1.20. The standard InChI is InChI=1S/C29H36N5O3P/c1-20-16-26-24(27-25(28(35)31-26)18-30-34(27)22-6-13-37-14-7-22)17-23(20)29(36)33-11-9-32(10-12-33)8-2-4-21-5-3-15-38-19-21/h3,5,16-19,22,38H,2,4,6-15H2,1H3,(H,31,35). The second-order valence-corrected chi connectivity index (χ2v) is 11.7. The van der Waals surface area contributed by atoms with Crippen molar-refractivity contribution >= 4 is 36.3 Å². The molecule has 8 nitrogen and oxygen atoms in total. The molecule has 2 aromatic heterocycles. The second-order valence-electron chi connectivity index (χ2n) is 10.6. The van der Waals surface area contributed by atoms with Gasteiger partial charge in [0.05, 0.1) is 28.7 Å². The third-order valence-corrected chi connectivity index (χ3v) is 9.18. The molecule has 1 atom stereocenters. The summed E-state index contributed by atoms with van der Waals surface area (Å²) in [5.74, 6) is 2.46. The van der Waals surface area contributed by atoms with Crippen LogP contribution in [0.4, 0.5) is 0 Å². The van der Waals surface area contributed by atoms with Crippen LogP contribution in [0.1, 0.15) is 47.6 Å². The normalized spacial score (nSPS) is 20.0. The number of rotatable bonds is 6. The van der Waals surface area contributed by atoms with Gasteiger partial charge in [-0.2, -0.15) is 5.10 Å². The van der Waals surface area contributed by atoms with Crippen LogP contribution in [0.15, 0.2) is 46.7 Å². The van der Waals surface area contributed by atoms with Gasteiger partial charge < -0.3 is 14.6 Å². The largest absolute Gasteiger partial charge is 0.381 e. The van der Waals surface area contributed by atoms with E-state index in [2.05, 4.69) is 33.0 Å². The van der Waals surface area contributed by atoms with E-state index in [0.717, 1.165) is 89.0 Å². The Hall–Kier alpha value is -2.80. The third-order valence-electron chi connectivity index (χ3n) is 8.13. The third kappa shape index (κ3) is 5.09. The monoisotopic (exact) mass is 533 g/mol. The SMILES string of the molecule is Cc1cc2[nH]c(=O)c3cnn(C4CCOCC4)c3c2cc1C(=O)N1CCN(CCCC2=CPCC=C2)CC1. The van der Waals surface area contributed by atoms with E-state index in [1.165, 1.54) is 11.7 Å². The number of H-pyrrole nitrogens is 1. The summed E-state index contributed by atoms with van der Waals surface area (Å²) in [6.07, 6.45) is 11.4. The van der Waals surface area contributed by atoms with Gasteiger partial charge in [-0.3, -0.25) is 19.2 Å². The topological polar surface area (TPSA) is 83.5 Å². The second kappa shape index (κ2) is 11.1. The summed E-state index contributed by atoms with van der Waals surface area (Å²) in [7, 11) is 0.933. The smallest absolute Gasteiger partial charge is 0.259 e. The maximum Gasteiger partial charge on any atom is 0.259 e. The van der Waals surface area contributed by atoms with E-state index in [0.29, 0.717) is 24.2 Å². The zero-order chi connectivity index (χ0) is 26.1.